The number of nitrogens with one attached hydrogen (secondary N) is 3. The summed E-state index contributed by atoms with van der Waals surface area (Å²) in [7, 11) is 2.19. The molecule has 1 aromatic heterocycles. The molecule has 0 spiro atoms. The SMILES string of the molecule is CN1CCN(c2ccc(Nc3nc4c(c(Nc5cccc(NSC(C)(C)C)c5)n3)CCCC4)cc2)CC1. The summed E-state index contributed by atoms with van der Waals surface area (Å²) in [5.41, 5.74) is 6.76. The fourth-order valence-electron chi connectivity index (χ4n) is 4.71. The van der Waals surface area contributed by atoms with E-state index in [-0.39, 0.29) is 4.75 Å². The van der Waals surface area contributed by atoms with Crippen molar-refractivity contribution in [1.29, 1.82) is 0 Å². The summed E-state index contributed by atoms with van der Waals surface area (Å²) in [6.07, 6.45) is 4.35. The monoisotopic (exact) mass is 517 g/mol. The Hall–Kier alpha value is -2.97. The molecule has 1 aliphatic heterocycles. The lowest BCUT2D eigenvalue weighted by Crippen LogP contribution is -2.44. The van der Waals surface area contributed by atoms with Crippen molar-refractivity contribution < 1.29 is 0 Å². The Labute approximate surface area is 225 Å². The molecule has 2 aromatic carbocycles. The van der Waals surface area contributed by atoms with Gasteiger partial charge in [-0.2, -0.15) is 4.98 Å². The Morgan fingerprint density at radius 1 is 0.811 bits per heavy atom. The highest BCUT2D eigenvalue weighted by Crippen LogP contribution is 2.32. The van der Waals surface area contributed by atoms with Gasteiger partial charge in [0.1, 0.15) is 5.82 Å². The van der Waals surface area contributed by atoms with E-state index in [4.69, 9.17) is 9.97 Å². The van der Waals surface area contributed by atoms with Crippen LogP contribution in [-0.4, -0.2) is 52.8 Å². The van der Waals surface area contributed by atoms with E-state index in [1.807, 2.05) is 0 Å². The van der Waals surface area contributed by atoms with Gasteiger partial charge in [-0.1, -0.05) is 6.07 Å². The molecule has 0 amide bonds. The topological polar surface area (TPSA) is 68.3 Å². The van der Waals surface area contributed by atoms with Crippen molar-refractivity contribution in [3.05, 3.63) is 59.8 Å². The molecule has 2 heterocycles. The molecule has 3 aromatic rings. The number of hydrogen-bond donors (Lipinski definition) is 3. The quantitative estimate of drug-likeness (QED) is 0.309. The van der Waals surface area contributed by atoms with Crippen LogP contribution in [0.15, 0.2) is 48.5 Å². The van der Waals surface area contributed by atoms with Crippen molar-refractivity contribution in [2.75, 3.05) is 53.5 Å². The van der Waals surface area contributed by atoms with Crippen molar-refractivity contribution in [3.8, 4) is 0 Å². The third kappa shape index (κ3) is 6.87. The van der Waals surface area contributed by atoms with E-state index in [0.29, 0.717) is 5.95 Å². The Balaban J connectivity index is 1.33. The average Bonchev–Trinajstić information content (AvgIpc) is 2.88. The fourth-order valence-corrected chi connectivity index (χ4v) is 5.26. The molecule has 1 saturated heterocycles. The third-order valence-corrected chi connectivity index (χ3v) is 7.73. The zero-order valence-corrected chi connectivity index (χ0v) is 23.3. The lowest BCUT2D eigenvalue weighted by atomic mass is 9.96. The van der Waals surface area contributed by atoms with Crippen molar-refractivity contribution in [2.24, 2.45) is 0 Å². The van der Waals surface area contributed by atoms with E-state index < -0.39 is 0 Å². The molecular weight excluding hydrogens is 478 g/mol. The fraction of sp³-hybridized carbons (Fsp3) is 0.448. The Morgan fingerprint density at radius 2 is 1.54 bits per heavy atom. The zero-order chi connectivity index (χ0) is 25.8. The minimum Gasteiger partial charge on any atom is -0.369 e. The molecular formula is C29H39N7S. The number of aromatic nitrogens is 2. The van der Waals surface area contributed by atoms with Gasteiger partial charge in [0.25, 0.3) is 0 Å². The van der Waals surface area contributed by atoms with Crippen LogP contribution in [0.2, 0.25) is 0 Å². The van der Waals surface area contributed by atoms with Crippen LogP contribution in [0.25, 0.3) is 0 Å². The van der Waals surface area contributed by atoms with Gasteiger partial charge in [-0.15, -0.1) is 0 Å². The second-order valence-electron chi connectivity index (χ2n) is 11.0. The molecule has 0 atom stereocenters. The predicted molar refractivity (Wildman–Crippen MR) is 159 cm³/mol. The van der Waals surface area contributed by atoms with Gasteiger partial charge >= 0.3 is 0 Å². The van der Waals surface area contributed by atoms with Crippen LogP contribution in [0.1, 0.15) is 44.9 Å². The summed E-state index contributed by atoms with van der Waals surface area (Å²) in [5.74, 6) is 1.55. The third-order valence-electron chi connectivity index (χ3n) is 6.78. The van der Waals surface area contributed by atoms with Gasteiger partial charge < -0.3 is 25.2 Å². The molecule has 5 rings (SSSR count). The molecule has 0 saturated carbocycles. The summed E-state index contributed by atoms with van der Waals surface area (Å²) in [6.45, 7) is 11.0. The number of benzene rings is 2. The summed E-state index contributed by atoms with van der Waals surface area (Å²) in [5, 5.41) is 7.06. The second kappa shape index (κ2) is 11.2. The maximum Gasteiger partial charge on any atom is 0.229 e. The Morgan fingerprint density at radius 3 is 2.30 bits per heavy atom. The van der Waals surface area contributed by atoms with E-state index in [1.54, 1.807) is 11.9 Å². The van der Waals surface area contributed by atoms with Crippen LogP contribution in [0.3, 0.4) is 0 Å². The highest BCUT2D eigenvalue weighted by atomic mass is 32.2. The Kier molecular flexibility index (Phi) is 7.76. The van der Waals surface area contributed by atoms with E-state index in [2.05, 4.69) is 102 Å². The van der Waals surface area contributed by atoms with Crippen molar-refractivity contribution in [3.63, 3.8) is 0 Å². The maximum absolute atomic E-state index is 4.94. The molecule has 1 aliphatic carbocycles. The normalized spacial score (nSPS) is 16.3. The summed E-state index contributed by atoms with van der Waals surface area (Å²) in [4.78, 5) is 14.7. The summed E-state index contributed by atoms with van der Waals surface area (Å²) in [6, 6.07) is 17.0. The van der Waals surface area contributed by atoms with E-state index >= 15 is 0 Å². The zero-order valence-electron chi connectivity index (χ0n) is 22.5. The first-order chi connectivity index (χ1) is 17.8. The van der Waals surface area contributed by atoms with Crippen LogP contribution in [-0.2, 0) is 12.8 Å². The highest BCUT2D eigenvalue weighted by molar-refractivity contribution is 8.01. The number of fused-ring (bicyclic) bond motifs is 1. The molecule has 3 N–H and O–H groups in total. The van der Waals surface area contributed by atoms with Crippen LogP contribution < -0.4 is 20.3 Å². The number of hydrogen-bond acceptors (Lipinski definition) is 8. The molecule has 0 bridgehead atoms. The first-order valence-corrected chi connectivity index (χ1v) is 14.2. The second-order valence-corrected chi connectivity index (χ2v) is 12.6. The lowest BCUT2D eigenvalue weighted by molar-refractivity contribution is 0.313. The minimum absolute atomic E-state index is 0.137. The van der Waals surface area contributed by atoms with Crippen LogP contribution in [0.4, 0.5) is 34.5 Å². The van der Waals surface area contributed by atoms with Crippen molar-refractivity contribution in [1.82, 2.24) is 14.9 Å². The molecule has 7 nitrogen and oxygen atoms in total. The number of piperazine rings is 1. The van der Waals surface area contributed by atoms with Gasteiger partial charge in [-0.05, 0) is 108 Å². The summed E-state index contributed by atoms with van der Waals surface area (Å²) < 4.78 is 3.61. The van der Waals surface area contributed by atoms with Gasteiger partial charge in [0.05, 0.1) is 5.69 Å². The predicted octanol–water partition coefficient (Wildman–Crippen LogP) is 6.45. The van der Waals surface area contributed by atoms with Gasteiger partial charge in [-0.3, -0.25) is 0 Å². The molecule has 0 radical (unpaired) electrons. The lowest BCUT2D eigenvalue weighted by Gasteiger charge is -2.34. The molecule has 2 aliphatic rings. The molecule has 8 heteroatoms. The number of anilines is 6. The first kappa shape index (κ1) is 25.7. The van der Waals surface area contributed by atoms with Crippen LogP contribution in [0.5, 0.6) is 0 Å². The highest BCUT2D eigenvalue weighted by Gasteiger charge is 2.19. The number of rotatable bonds is 7. The Bertz CT molecular complexity index is 1200. The number of aryl methyl sites for hydroxylation is 1. The number of likely N-dealkylation sites (N-methyl/N-ethyl adjacent to an activating group) is 1. The van der Waals surface area contributed by atoms with Gasteiger partial charge in [0, 0.05) is 59.2 Å². The first-order valence-electron chi connectivity index (χ1n) is 13.3. The van der Waals surface area contributed by atoms with Crippen molar-refractivity contribution in [2.45, 2.75) is 51.2 Å². The van der Waals surface area contributed by atoms with Crippen molar-refractivity contribution >= 4 is 46.5 Å². The van der Waals surface area contributed by atoms with Crippen LogP contribution >= 0.6 is 11.9 Å². The molecule has 37 heavy (non-hydrogen) atoms. The molecule has 1 fully saturated rings. The minimum atomic E-state index is 0.137. The largest absolute Gasteiger partial charge is 0.369 e. The summed E-state index contributed by atoms with van der Waals surface area (Å²) >= 11 is 1.72. The molecule has 196 valence electrons. The average molecular weight is 518 g/mol. The van der Waals surface area contributed by atoms with Gasteiger partial charge in [-0.25, -0.2) is 4.98 Å². The van der Waals surface area contributed by atoms with E-state index in [1.165, 1.54) is 24.1 Å². The standard InChI is InChI=1S/C29H39N7S/c1-29(2,3)37-34-23-9-7-8-22(20-23)30-27-25-10-5-6-11-26(25)32-28(33-27)31-21-12-14-24(15-13-21)36-18-16-35(4)17-19-36/h7-9,12-15,20,34H,5-6,10-11,16-19H2,1-4H3,(H2,30,31,32,33). The number of nitrogens with zero attached hydrogens (tertiary/aromatic N) is 4. The smallest absolute Gasteiger partial charge is 0.229 e. The maximum atomic E-state index is 4.94. The van der Waals surface area contributed by atoms with Crippen LogP contribution in [0, 0.1) is 0 Å². The van der Waals surface area contributed by atoms with Gasteiger partial charge in [0.15, 0.2) is 0 Å². The van der Waals surface area contributed by atoms with Gasteiger partial charge in [0.2, 0.25) is 5.95 Å². The van der Waals surface area contributed by atoms with E-state index in [9.17, 15) is 0 Å². The molecule has 0 unspecified atom stereocenters. The van der Waals surface area contributed by atoms with E-state index in [0.717, 1.165) is 67.6 Å².